The van der Waals surface area contributed by atoms with Crippen LogP contribution in [-0.4, -0.2) is 34.2 Å². The maximum atomic E-state index is 5.67. The van der Waals surface area contributed by atoms with Crippen LogP contribution in [0.3, 0.4) is 0 Å². The molecule has 3 aliphatic rings. The van der Waals surface area contributed by atoms with Gasteiger partial charge in [-0.15, -0.1) is 0 Å². The second kappa shape index (κ2) is 5.88. The lowest BCUT2D eigenvalue weighted by atomic mass is 9.96. The van der Waals surface area contributed by atoms with Gasteiger partial charge in [-0.3, -0.25) is 10.7 Å². The number of hydrogen-bond donors (Lipinski definition) is 3. The number of ether oxygens (including phenoxy) is 1. The summed E-state index contributed by atoms with van der Waals surface area (Å²) in [6, 6.07) is 0.343. The van der Waals surface area contributed by atoms with E-state index < -0.39 is 5.66 Å². The molecule has 1 saturated heterocycles. The van der Waals surface area contributed by atoms with Gasteiger partial charge in [0, 0.05) is 32.0 Å². The Morgan fingerprint density at radius 3 is 3.00 bits per heavy atom. The third-order valence-corrected chi connectivity index (χ3v) is 4.49. The molecule has 4 heterocycles. The fourth-order valence-electron chi connectivity index (χ4n) is 3.31. The fourth-order valence-corrected chi connectivity index (χ4v) is 3.31. The number of aromatic nitrogens is 2. The zero-order valence-corrected chi connectivity index (χ0v) is 13.2. The fraction of sp³-hybridized carbons (Fsp3) is 0.533. The third-order valence-electron chi connectivity index (χ3n) is 4.49. The number of hydrazine groups is 1. The first kappa shape index (κ1) is 14.6. The van der Waals surface area contributed by atoms with Crippen LogP contribution in [0.15, 0.2) is 30.9 Å². The molecule has 1 fully saturated rings. The van der Waals surface area contributed by atoms with Gasteiger partial charge in [0.25, 0.3) is 0 Å². The van der Waals surface area contributed by atoms with Crippen molar-refractivity contribution in [1.82, 2.24) is 25.7 Å². The molecule has 1 aromatic rings. The molecule has 3 N–H and O–H groups in total. The molecule has 1 atom stereocenters. The van der Waals surface area contributed by atoms with E-state index >= 15 is 0 Å². The molecule has 1 aromatic heterocycles. The first-order valence-electron chi connectivity index (χ1n) is 8.07. The molecule has 124 valence electrons. The average Bonchev–Trinajstić information content (AvgIpc) is 3.26. The van der Waals surface area contributed by atoms with Crippen LogP contribution in [0.1, 0.15) is 25.3 Å². The molecule has 23 heavy (non-hydrogen) atoms. The summed E-state index contributed by atoms with van der Waals surface area (Å²) in [6.45, 7) is 4.44. The summed E-state index contributed by atoms with van der Waals surface area (Å²) in [5.74, 6) is 0.979. The van der Waals surface area contributed by atoms with Crippen molar-refractivity contribution in [3.63, 3.8) is 0 Å². The van der Waals surface area contributed by atoms with Gasteiger partial charge in [-0.1, -0.05) is 0 Å². The number of nitrogens with one attached hydrogen (secondary N) is 3. The van der Waals surface area contributed by atoms with Gasteiger partial charge in [0.05, 0.1) is 18.0 Å². The van der Waals surface area contributed by atoms with Crippen molar-refractivity contribution in [3.05, 3.63) is 36.5 Å². The minimum Gasteiger partial charge on any atom is -0.390 e. The number of fused-ring (bicyclic) bond motifs is 1. The lowest BCUT2D eigenvalue weighted by molar-refractivity contribution is -0.195. The third kappa shape index (κ3) is 2.39. The van der Waals surface area contributed by atoms with Crippen LogP contribution in [0.25, 0.3) is 0 Å². The molecular weight excluding hydrogens is 296 g/mol. The number of aryl methyl sites for hydroxylation is 1. The lowest BCUT2D eigenvalue weighted by Crippen LogP contribution is -2.61. The first-order valence-corrected chi connectivity index (χ1v) is 8.07. The molecular formula is C15H22N6O2. The maximum Gasteiger partial charge on any atom is 0.179 e. The minimum atomic E-state index is -0.625. The van der Waals surface area contributed by atoms with Crippen molar-refractivity contribution >= 4 is 5.82 Å². The Morgan fingerprint density at radius 2 is 2.26 bits per heavy atom. The van der Waals surface area contributed by atoms with E-state index in [9.17, 15) is 0 Å². The maximum absolute atomic E-state index is 5.67. The molecule has 1 unspecified atom stereocenters. The summed E-state index contributed by atoms with van der Waals surface area (Å²) in [4.78, 5) is 5.67. The second-order valence-corrected chi connectivity index (χ2v) is 5.83. The van der Waals surface area contributed by atoms with E-state index in [1.54, 1.807) is 17.6 Å². The summed E-state index contributed by atoms with van der Waals surface area (Å²) in [5, 5.41) is 13.3. The molecule has 8 heteroatoms. The molecule has 8 nitrogen and oxygen atoms in total. The highest BCUT2D eigenvalue weighted by atomic mass is 16.7. The molecule has 3 aliphatic heterocycles. The second-order valence-electron chi connectivity index (χ2n) is 5.83. The van der Waals surface area contributed by atoms with Gasteiger partial charge in [-0.25, -0.2) is 4.68 Å². The zero-order valence-electron chi connectivity index (χ0n) is 13.2. The molecule has 0 aliphatic carbocycles. The SMILES string of the molecule is CCn1ncc2c1NC=CC2(NC1CCOCC1)N1NC=CO1. The lowest BCUT2D eigenvalue weighted by Gasteiger charge is -2.42. The van der Waals surface area contributed by atoms with E-state index in [4.69, 9.17) is 9.57 Å². The van der Waals surface area contributed by atoms with E-state index in [-0.39, 0.29) is 0 Å². The van der Waals surface area contributed by atoms with Crippen LogP contribution >= 0.6 is 0 Å². The number of hydrogen-bond acceptors (Lipinski definition) is 7. The zero-order chi connectivity index (χ0) is 15.7. The Bertz CT molecular complexity index is 613. The Hall–Kier alpha value is -2.03. The van der Waals surface area contributed by atoms with Crippen LogP contribution in [0.5, 0.6) is 0 Å². The normalized spacial score (nSPS) is 27.3. The highest BCUT2D eigenvalue weighted by molar-refractivity contribution is 5.55. The molecule has 4 rings (SSSR count). The van der Waals surface area contributed by atoms with Crippen molar-refractivity contribution in [2.75, 3.05) is 18.5 Å². The van der Waals surface area contributed by atoms with E-state index in [2.05, 4.69) is 34.2 Å². The largest absolute Gasteiger partial charge is 0.390 e. The monoisotopic (exact) mass is 318 g/mol. The summed E-state index contributed by atoms with van der Waals surface area (Å²) in [7, 11) is 0. The molecule has 0 aromatic carbocycles. The van der Waals surface area contributed by atoms with E-state index in [1.165, 1.54) is 0 Å². The quantitative estimate of drug-likeness (QED) is 0.764. The Labute approximate surface area is 135 Å². The van der Waals surface area contributed by atoms with Gasteiger partial charge >= 0.3 is 0 Å². The van der Waals surface area contributed by atoms with Crippen LogP contribution in [0.2, 0.25) is 0 Å². The van der Waals surface area contributed by atoms with Gasteiger partial charge < -0.3 is 14.9 Å². The van der Waals surface area contributed by atoms with Crippen molar-refractivity contribution in [2.45, 2.75) is 38.0 Å². The smallest absolute Gasteiger partial charge is 0.179 e. The Balaban J connectivity index is 1.72. The summed E-state index contributed by atoms with van der Waals surface area (Å²) in [5.41, 5.74) is 3.55. The predicted octanol–water partition coefficient (Wildman–Crippen LogP) is 0.987. The minimum absolute atomic E-state index is 0.343. The van der Waals surface area contributed by atoms with E-state index in [1.807, 2.05) is 17.1 Å². The van der Waals surface area contributed by atoms with Crippen molar-refractivity contribution < 1.29 is 9.57 Å². The van der Waals surface area contributed by atoms with Crippen LogP contribution in [-0.2, 0) is 21.8 Å². The number of nitrogens with zero attached hydrogens (tertiary/aromatic N) is 3. The number of hydroxylamine groups is 1. The van der Waals surface area contributed by atoms with Gasteiger partial charge in [0.15, 0.2) is 5.66 Å². The molecule has 0 bridgehead atoms. The molecule has 0 saturated carbocycles. The first-order chi connectivity index (χ1) is 11.3. The number of anilines is 1. The topological polar surface area (TPSA) is 75.6 Å². The van der Waals surface area contributed by atoms with E-state index in [0.717, 1.165) is 44.0 Å². The van der Waals surface area contributed by atoms with Crippen molar-refractivity contribution in [2.24, 2.45) is 0 Å². The van der Waals surface area contributed by atoms with Crippen molar-refractivity contribution in [1.29, 1.82) is 0 Å². The molecule has 0 radical (unpaired) electrons. The van der Waals surface area contributed by atoms with Crippen molar-refractivity contribution in [3.8, 4) is 0 Å². The standard InChI is InChI=1S/C15H22N6O2/c1-2-20-14-13(11-18-20)15(5-6-16-14,21-17-7-10-23-21)19-12-3-8-22-9-4-12/h5-7,10-12,16-17,19H,2-4,8-9H2,1H3. The average molecular weight is 318 g/mol. The number of rotatable bonds is 4. The summed E-state index contributed by atoms with van der Waals surface area (Å²) >= 11 is 0. The molecule has 0 amide bonds. The van der Waals surface area contributed by atoms with Gasteiger partial charge in [-0.2, -0.15) is 5.10 Å². The molecule has 0 spiro atoms. The predicted molar refractivity (Wildman–Crippen MR) is 84.5 cm³/mol. The van der Waals surface area contributed by atoms with Crippen LogP contribution in [0, 0.1) is 0 Å². The summed E-state index contributed by atoms with van der Waals surface area (Å²) < 4.78 is 7.43. The highest BCUT2D eigenvalue weighted by Gasteiger charge is 2.46. The Morgan fingerprint density at radius 1 is 1.39 bits per heavy atom. The van der Waals surface area contributed by atoms with Crippen LogP contribution in [0.4, 0.5) is 5.82 Å². The highest BCUT2D eigenvalue weighted by Crippen LogP contribution is 2.37. The summed E-state index contributed by atoms with van der Waals surface area (Å²) in [6.07, 6.45) is 11.2. The van der Waals surface area contributed by atoms with Gasteiger partial charge in [0.2, 0.25) is 0 Å². The van der Waals surface area contributed by atoms with Crippen LogP contribution < -0.4 is 16.1 Å². The Kier molecular flexibility index (Phi) is 3.72. The van der Waals surface area contributed by atoms with E-state index in [0.29, 0.717) is 6.04 Å². The van der Waals surface area contributed by atoms with Gasteiger partial charge in [0.1, 0.15) is 12.1 Å². The van der Waals surface area contributed by atoms with Gasteiger partial charge in [-0.05, 0) is 31.0 Å².